The van der Waals surface area contributed by atoms with Gasteiger partial charge in [-0.3, -0.25) is 9.97 Å². The molecule has 1 aliphatic rings. The molecule has 0 atom stereocenters. The Morgan fingerprint density at radius 1 is 1.24 bits per heavy atom. The van der Waals surface area contributed by atoms with Crippen molar-refractivity contribution in [1.82, 2.24) is 14.9 Å². The Kier molecular flexibility index (Phi) is 5.26. The number of hydrogen-bond acceptors (Lipinski definition) is 5. The smallest absolute Gasteiger partial charge is 0.408 e. The van der Waals surface area contributed by atoms with Crippen molar-refractivity contribution in [3.05, 3.63) is 47.5 Å². The van der Waals surface area contributed by atoms with E-state index in [-0.39, 0.29) is 6.42 Å². The summed E-state index contributed by atoms with van der Waals surface area (Å²) in [7, 11) is 25.2. The van der Waals surface area contributed by atoms with Gasteiger partial charge in [0, 0.05) is 23.8 Å². The summed E-state index contributed by atoms with van der Waals surface area (Å²) in [6, 6.07) is 3.57. The van der Waals surface area contributed by atoms with Crippen molar-refractivity contribution in [1.29, 1.82) is 0 Å². The number of fused-ring (bicyclic) bond motifs is 1. The van der Waals surface area contributed by atoms with Gasteiger partial charge < -0.3 is 15.0 Å². The molecule has 2 aromatic heterocycles. The number of carbonyl (C=O) groups is 1. The first-order chi connectivity index (χ1) is 13.3. The number of amides is 1. The lowest BCUT2D eigenvalue weighted by molar-refractivity contribution is 0.00869. The zero-order chi connectivity index (χ0) is 21.6. The van der Waals surface area contributed by atoms with Gasteiger partial charge in [-0.1, -0.05) is 0 Å². The highest BCUT2D eigenvalue weighted by atomic mass is 16.6. The van der Waals surface area contributed by atoms with Crippen molar-refractivity contribution in [3.63, 3.8) is 0 Å². The Bertz CT molecular complexity index is 944. The zero-order valence-electron chi connectivity index (χ0n) is 17.1. The summed E-state index contributed by atoms with van der Waals surface area (Å²) in [5.41, 5.74) is 2.61. The number of aromatic nitrogens is 2. The molecule has 29 heavy (non-hydrogen) atoms. The first kappa shape index (κ1) is 21.3. The minimum Gasteiger partial charge on any atom is -0.444 e. The van der Waals surface area contributed by atoms with E-state index in [0.29, 0.717) is 16.9 Å². The van der Waals surface area contributed by atoms with Crippen LogP contribution in [0.25, 0.3) is 0 Å². The molecular weight excluding hydrogens is 359 g/mol. The maximum absolute atomic E-state index is 12.8. The molecule has 0 bridgehead atoms. The normalized spacial score (nSPS) is 17.3. The van der Waals surface area contributed by atoms with Gasteiger partial charge >= 0.3 is 6.09 Å². The number of aryl methyl sites for hydroxylation is 1. The van der Waals surface area contributed by atoms with Crippen molar-refractivity contribution in [2.24, 2.45) is 0 Å². The van der Waals surface area contributed by atoms with Crippen molar-refractivity contribution >= 4 is 48.9 Å². The molecule has 0 saturated carbocycles. The second-order valence-corrected chi connectivity index (χ2v) is 8.34. The molecule has 0 aliphatic carbocycles. The van der Waals surface area contributed by atoms with Crippen LogP contribution in [0.2, 0.25) is 0 Å². The molecule has 3 rings (SSSR count). The van der Waals surface area contributed by atoms with Gasteiger partial charge in [-0.05, 0) is 68.1 Å². The Morgan fingerprint density at radius 3 is 2.55 bits per heavy atom. The average Bonchev–Trinajstić information content (AvgIpc) is 2.54. The van der Waals surface area contributed by atoms with E-state index in [0.717, 1.165) is 16.2 Å². The van der Waals surface area contributed by atoms with E-state index < -0.39 is 22.4 Å². The lowest BCUT2D eigenvalue weighted by Crippen LogP contribution is -2.67. The van der Waals surface area contributed by atoms with E-state index in [4.69, 9.17) is 36.1 Å². The van der Waals surface area contributed by atoms with Crippen LogP contribution in [0, 0.1) is 6.92 Å². The summed E-state index contributed by atoms with van der Waals surface area (Å²) < 4.78 is 5.43. The molecule has 3 heterocycles. The van der Waals surface area contributed by atoms with Crippen molar-refractivity contribution < 1.29 is 9.53 Å². The molecule has 0 spiro atoms. The number of nitrogens with one attached hydrogen (secondary N) is 1. The van der Waals surface area contributed by atoms with Gasteiger partial charge in [-0.25, -0.2) is 4.79 Å². The quantitative estimate of drug-likeness (QED) is 0.806. The summed E-state index contributed by atoms with van der Waals surface area (Å²) >= 11 is 0. The standard InChI is InChI=1S/C19H20B4N4O2/c1-11-9-24-6-5-14(11)26-12-7-13-15(25-10-12)8-18(20,21)27(19(13,22)23)16(28)29-17(2,3)4/h5-7,9-10H,8H2,1-4H3,(H,24,26). The second-order valence-electron chi connectivity index (χ2n) is 8.34. The summed E-state index contributed by atoms with van der Waals surface area (Å²) in [6.45, 7) is 7.12. The minimum absolute atomic E-state index is 0.0618. The fraction of sp³-hybridized carbons (Fsp3) is 0.421. The van der Waals surface area contributed by atoms with Gasteiger partial charge in [0.15, 0.2) is 0 Å². The molecule has 10 heteroatoms. The monoisotopic (exact) mass is 380 g/mol. The first-order valence-electron chi connectivity index (χ1n) is 9.17. The predicted molar refractivity (Wildman–Crippen MR) is 116 cm³/mol. The summed E-state index contributed by atoms with van der Waals surface area (Å²) in [6.07, 6.45) is 4.31. The number of anilines is 2. The number of hydrogen-bond donors (Lipinski definition) is 1. The van der Waals surface area contributed by atoms with Gasteiger partial charge in [0.2, 0.25) is 0 Å². The van der Waals surface area contributed by atoms with Crippen LogP contribution in [-0.4, -0.2) is 63.3 Å². The van der Waals surface area contributed by atoms with Crippen molar-refractivity contribution in [3.8, 4) is 0 Å². The maximum atomic E-state index is 12.8. The van der Waals surface area contributed by atoms with Crippen LogP contribution in [0.3, 0.4) is 0 Å². The van der Waals surface area contributed by atoms with Gasteiger partial charge in [-0.15, -0.1) is 0 Å². The van der Waals surface area contributed by atoms with E-state index in [1.54, 1.807) is 45.4 Å². The van der Waals surface area contributed by atoms with Crippen molar-refractivity contribution in [2.45, 2.75) is 50.4 Å². The average molecular weight is 380 g/mol. The van der Waals surface area contributed by atoms with E-state index in [9.17, 15) is 4.79 Å². The largest absolute Gasteiger partial charge is 0.444 e. The van der Waals surface area contributed by atoms with Crippen LogP contribution < -0.4 is 5.32 Å². The third-order valence-corrected chi connectivity index (χ3v) is 4.51. The van der Waals surface area contributed by atoms with Crippen LogP contribution in [0.5, 0.6) is 0 Å². The van der Waals surface area contributed by atoms with Crippen LogP contribution >= 0.6 is 0 Å². The minimum atomic E-state index is -1.82. The molecule has 140 valence electrons. The number of ether oxygens (including phenoxy) is 1. The Morgan fingerprint density at radius 2 is 1.93 bits per heavy atom. The third kappa shape index (κ3) is 4.31. The summed E-state index contributed by atoms with van der Waals surface area (Å²) in [5.74, 6) is 0. The number of pyridine rings is 2. The SMILES string of the molecule is [B]C1([B])Cc2ncc(Nc3ccncc3C)cc2C([B])([B])N1C(=O)OC(C)(C)C. The molecule has 1 amide bonds. The molecule has 0 fully saturated rings. The van der Waals surface area contributed by atoms with Crippen LogP contribution in [0.4, 0.5) is 16.2 Å². The Balaban J connectivity index is 2.00. The molecule has 0 unspecified atom stereocenters. The lowest BCUT2D eigenvalue weighted by atomic mass is 9.46. The van der Waals surface area contributed by atoms with Crippen LogP contribution in [0.15, 0.2) is 30.7 Å². The fourth-order valence-electron chi connectivity index (χ4n) is 3.26. The number of rotatable bonds is 2. The molecule has 0 saturated heterocycles. The topological polar surface area (TPSA) is 67.4 Å². The first-order valence-corrected chi connectivity index (χ1v) is 9.17. The van der Waals surface area contributed by atoms with E-state index >= 15 is 0 Å². The molecular formula is C19H20B4N4O2. The highest BCUT2D eigenvalue weighted by Gasteiger charge is 2.47. The summed E-state index contributed by atoms with van der Waals surface area (Å²) in [4.78, 5) is 22.3. The number of carbonyl (C=O) groups excluding carboxylic acids is 1. The number of nitrogens with zero attached hydrogens (tertiary/aromatic N) is 3. The zero-order valence-corrected chi connectivity index (χ0v) is 17.1. The molecule has 8 radical (unpaired) electrons. The van der Waals surface area contributed by atoms with E-state index in [2.05, 4.69) is 15.3 Å². The van der Waals surface area contributed by atoms with E-state index in [1.807, 2.05) is 13.0 Å². The molecule has 1 N–H and O–H groups in total. The van der Waals surface area contributed by atoms with Gasteiger partial charge in [0.1, 0.15) is 5.60 Å². The third-order valence-electron chi connectivity index (χ3n) is 4.51. The second kappa shape index (κ2) is 7.15. The molecule has 0 aromatic carbocycles. The Labute approximate surface area is 176 Å². The van der Waals surface area contributed by atoms with Gasteiger partial charge in [0.25, 0.3) is 0 Å². The predicted octanol–water partition coefficient (Wildman–Crippen LogP) is 1.76. The maximum Gasteiger partial charge on any atom is 0.408 e. The van der Waals surface area contributed by atoms with E-state index in [1.165, 1.54) is 0 Å². The van der Waals surface area contributed by atoms with Crippen LogP contribution in [-0.2, 0) is 16.5 Å². The summed E-state index contributed by atoms with van der Waals surface area (Å²) in [5, 5.41) is -0.234. The fourth-order valence-corrected chi connectivity index (χ4v) is 3.26. The van der Waals surface area contributed by atoms with Crippen LogP contribution in [0.1, 0.15) is 37.6 Å². The lowest BCUT2D eigenvalue weighted by Gasteiger charge is -2.54. The highest BCUT2D eigenvalue weighted by Crippen LogP contribution is 2.38. The highest BCUT2D eigenvalue weighted by molar-refractivity contribution is 6.46. The van der Waals surface area contributed by atoms with Gasteiger partial charge in [-0.2, -0.15) is 0 Å². The molecule has 2 aromatic rings. The van der Waals surface area contributed by atoms with Crippen molar-refractivity contribution in [2.75, 3.05) is 5.32 Å². The Hall–Kier alpha value is -2.37. The van der Waals surface area contributed by atoms with Gasteiger partial charge in [0.05, 0.1) is 43.3 Å². The molecule has 6 nitrogen and oxygen atoms in total. The molecule has 1 aliphatic heterocycles.